The van der Waals surface area contributed by atoms with Gasteiger partial charge in [-0.05, 0) is 74.1 Å². The molecule has 6 rings (SSSR count). The first-order valence-electron chi connectivity index (χ1n) is 11.6. The van der Waals surface area contributed by atoms with E-state index < -0.39 is 15.9 Å². The Hall–Kier alpha value is -3.21. The van der Waals surface area contributed by atoms with E-state index in [1.165, 1.54) is 46.1 Å². The fraction of sp³-hybridized carbons (Fsp3) is 0.240. The van der Waals surface area contributed by atoms with E-state index in [9.17, 15) is 18.0 Å². The Labute approximate surface area is 216 Å². The molecule has 1 aliphatic carbocycles. The first kappa shape index (κ1) is 23.2. The van der Waals surface area contributed by atoms with Crippen molar-refractivity contribution in [1.82, 2.24) is 9.38 Å². The molecule has 1 amide bonds. The average molecular weight is 541 g/mol. The number of amides is 1. The van der Waals surface area contributed by atoms with Gasteiger partial charge >= 0.3 is 0 Å². The van der Waals surface area contributed by atoms with E-state index in [-0.39, 0.29) is 16.0 Å². The number of benzene rings is 2. The molecule has 0 atom stereocenters. The van der Waals surface area contributed by atoms with Crippen LogP contribution in [0.3, 0.4) is 0 Å². The third-order valence-corrected chi connectivity index (χ3v) is 9.88. The number of nitrogens with one attached hydrogen (secondary N) is 1. The third kappa shape index (κ3) is 3.80. The van der Waals surface area contributed by atoms with Gasteiger partial charge in [0, 0.05) is 34.0 Å². The van der Waals surface area contributed by atoms with E-state index in [1.54, 1.807) is 22.6 Å². The van der Waals surface area contributed by atoms with E-state index in [4.69, 9.17) is 11.6 Å². The second kappa shape index (κ2) is 8.72. The summed E-state index contributed by atoms with van der Waals surface area (Å²) in [5.74, 6) is -0.581. The van der Waals surface area contributed by atoms with Crippen molar-refractivity contribution < 1.29 is 13.2 Å². The molecule has 3 heterocycles. The van der Waals surface area contributed by atoms with Crippen LogP contribution in [0.2, 0.25) is 5.02 Å². The average Bonchev–Trinajstić information content (AvgIpc) is 3.46. The number of aryl methyl sites for hydroxylation is 2. The monoisotopic (exact) mass is 540 g/mol. The maximum Gasteiger partial charge on any atom is 0.271 e. The SMILES string of the molecule is O=C(Nc1ccc2c(c1)N(S(=O)(=O)c1ccc(Cl)cc1)CC2)c1cnc2sc3c(n2c1=O)CCCC3. The highest BCUT2D eigenvalue weighted by atomic mass is 35.5. The van der Waals surface area contributed by atoms with Gasteiger partial charge in [-0.1, -0.05) is 17.7 Å². The molecule has 1 N–H and O–H groups in total. The summed E-state index contributed by atoms with van der Waals surface area (Å²) in [4.78, 5) is 32.6. The van der Waals surface area contributed by atoms with Crippen molar-refractivity contribution in [3.63, 3.8) is 0 Å². The number of aromatic nitrogens is 2. The molecule has 11 heteroatoms. The fourth-order valence-corrected chi connectivity index (χ4v) is 7.62. The van der Waals surface area contributed by atoms with E-state index >= 15 is 0 Å². The molecule has 0 saturated heterocycles. The van der Waals surface area contributed by atoms with E-state index in [1.807, 2.05) is 0 Å². The van der Waals surface area contributed by atoms with Crippen molar-refractivity contribution in [1.29, 1.82) is 0 Å². The minimum atomic E-state index is -3.80. The van der Waals surface area contributed by atoms with Crippen LogP contribution in [0.25, 0.3) is 4.96 Å². The summed E-state index contributed by atoms with van der Waals surface area (Å²) in [6, 6.07) is 11.2. The molecule has 0 bridgehead atoms. The number of anilines is 2. The maximum absolute atomic E-state index is 13.3. The lowest BCUT2D eigenvalue weighted by atomic mass is 10.0. The van der Waals surface area contributed by atoms with Crippen molar-refractivity contribution >= 4 is 55.2 Å². The number of rotatable bonds is 4. The molecule has 0 fully saturated rings. The van der Waals surface area contributed by atoms with Gasteiger partial charge in [0.2, 0.25) is 0 Å². The van der Waals surface area contributed by atoms with Gasteiger partial charge in [0.25, 0.3) is 21.5 Å². The molecular formula is C25H21ClN4O4S2. The lowest BCUT2D eigenvalue weighted by Gasteiger charge is -2.20. The number of hydrogen-bond donors (Lipinski definition) is 1. The Morgan fingerprint density at radius 3 is 2.64 bits per heavy atom. The summed E-state index contributed by atoms with van der Waals surface area (Å²) >= 11 is 7.42. The van der Waals surface area contributed by atoms with Crippen LogP contribution in [-0.4, -0.2) is 30.3 Å². The highest BCUT2D eigenvalue weighted by molar-refractivity contribution is 7.92. The Morgan fingerprint density at radius 1 is 1.06 bits per heavy atom. The molecule has 2 aliphatic rings. The van der Waals surface area contributed by atoms with Crippen LogP contribution >= 0.6 is 22.9 Å². The van der Waals surface area contributed by atoms with Gasteiger partial charge < -0.3 is 5.32 Å². The predicted octanol–water partition coefficient (Wildman–Crippen LogP) is 4.29. The zero-order valence-electron chi connectivity index (χ0n) is 19.0. The molecule has 4 aromatic rings. The Bertz CT molecular complexity index is 1690. The van der Waals surface area contributed by atoms with Crippen molar-refractivity contribution in [2.45, 2.75) is 37.0 Å². The van der Waals surface area contributed by atoms with Crippen molar-refractivity contribution in [2.24, 2.45) is 0 Å². The summed E-state index contributed by atoms with van der Waals surface area (Å²) < 4.78 is 29.4. The topological polar surface area (TPSA) is 101 Å². The number of hydrogen-bond acceptors (Lipinski definition) is 6. The highest BCUT2D eigenvalue weighted by Crippen LogP contribution is 2.35. The molecule has 184 valence electrons. The number of sulfonamides is 1. The highest BCUT2D eigenvalue weighted by Gasteiger charge is 2.31. The molecule has 2 aromatic heterocycles. The first-order chi connectivity index (χ1) is 17.3. The number of carbonyl (C=O) groups excluding carboxylic acids is 1. The Balaban J connectivity index is 1.31. The third-order valence-electron chi connectivity index (χ3n) is 6.64. The standard InChI is InChI=1S/C25H21ClN4O4S2/c26-16-6-9-18(10-7-16)36(33,34)29-12-11-15-5-8-17(13-21(15)29)28-23(31)19-14-27-25-30(24(19)32)20-3-1-2-4-22(20)35-25/h5-10,13-14H,1-4,11-12H2,(H,28,31). The number of nitrogens with zero attached hydrogens (tertiary/aromatic N) is 3. The van der Waals surface area contributed by atoms with Gasteiger partial charge in [0.05, 0.1) is 10.6 Å². The van der Waals surface area contributed by atoms with E-state index in [0.29, 0.717) is 34.3 Å². The van der Waals surface area contributed by atoms with Gasteiger partial charge in [-0.15, -0.1) is 11.3 Å². The quantitative estimate of drug-likeness (QED) is 0.416. The zero-order valence-corrected chi connectivity index (χ0v) is 21.4. The van der Waals surface area contributed by atoms with Gasteiger partial charge in [-0.25, -0.2) is 13.4 Å². The minimum absolute atomic E-state index is 0.0511. The smallest absolute Gasteiger partial charge is 0.271 e. The lowest BCUT2D eigenvalue weighted by Crippen LogP contribution is -2.29. The second-order valence-electron chi connectivity index (χ2n) is 8.85. The van der Waals surface area contributed by atoms with E-state index in [0.717, 1.165) is 41.8 Å². The van der Waals surface area contributed by atoms with Gasteiger partial charge in [0.15, 0.2) is 4.96 Å². The summed E-state index contributed by atoms with van der Waals surface area (Å²) in [7, 11) is -3.80. The normalized spacial score (nSPS) is 15.1. The van der Waals surface area contributed by atoms with Crippen LogP contribution in [-0.2, 0) is 29.3 Å². The van der Waals surface area contributed by atoms with Gasteiger partial charge in [-0.3, -0.25) is 18.3 Å². The van der Waals surface area contributed by atoms with Crippen LogP contribution in [0.4, 0.5) is 11.4 Å². The molecular weight excluding hydrogens is 520 g/mol. The molecule has 2 aromatic carbocycles. The minimum Gasteiger partial charge on any atom is -0.322 e. The van der Waals surface area contributed by atoms with Crippen molar-refractivity contribution in [3.05, 3.63) is 85.7 Å². The maximum atomic E-state index is 13.3. The molecule has 0 spiro atoms. The van der Waals surface area contributed by atoms with Crippen LogP contribution in [0.1, 0.15) is 39.3 Å². The number of thiazole rings is 1. The van der Waals surface area contributed by atoms with Crippen LogP contribution in [0, 0.1) is 0 Å². The molecule has 0 radical (unpaired) electrons. The van der Waals surface area contributed by atoms with Gasteiger partial charge in [0.1, 0.15) is 5.56 Å². The summed E-state index contributed by atoms with van der Waals surface area (Å²) in [5, 5.41) is 3.21. The van der Waals surface area contributed by atoms with Crippen LogP contribution in [0.15, 0.2) is 58.4 Å². The number of fused-ring (bicyclic) bond motifs is 4. The Morgan fingerprint density at radius 2 is 1.83 bits per heavy atom. The predicted molar refractivity (Wildman–Crippen MR) is 140 cm³/mol. The molecule has 8 nitrogen and oxygen atoms in total. The number of carbonyl (C=O) groups is 1. The Kier molecular flexibility index (Phi) is 5.62. The summed E-state index contributed by atoms with van der Waals surface area (Å²) in [6.07, 6.45) is 5.69. The van der Waals surface area contributed by atoms with Gasteiger partial charge in [-0.2, -0.15) is 0 Å². The fourth-order valence-electron chi connectivity index (χ4n) is 4.83. The molecule has 1 aliphatic heterocycles. The second-order valence-corrected chi connectivity index (χ2v) is 12.2. The van der Waals surface area contributed by atoms with Crippen LogP contribution in [0.5, 0.6) is 0 Å². The largest absolute Gasteiger partial charge is 0.322 e. The van der Waals surface area contributed by atoms with Crippen LogP contribution < -0.4 is 15.2 Å². The van der Waals surface area contributed by atoms with Crippen molar-refractivity contribution in [3.8, 4) is 0 Å². The molecule has 36 heavy (non-hydrogen) atoms. The van der Waals surface area contributed by atoms with E-state index in [2.05, 4.69) is 10.3 Å². The number of halogens is 1. The first-order valence-corrected chi connectivity index (χ1v) is 14.2. The summed E-state index contributed by atoms with van der Waals surface area (Å²) in [5.41, 5.74) is 2.27. The zero-order chi connectivity index (χ0) is 25.0. The lowest BCUT2D eigenvalue weighted by molar-refractivity contribution is 0.102. The summed E-state index contributed by atoms with van der Waals surface area (Å²) in [6.45, 7) is 0.295. The molecule has 0 unspecified atom stereocenters. The van der Waals surface area contributed by atoms with Crippen molar-refractivity contribution in [2.75, 3.05) is 16.2 Å². The molecule has 0 saturated carbocycles.